The largest absolute Gasteiger partial charge is 0.504 e. The molecular weight excluding hydrogens is 306 g/mol. The highest BCUT2D eigenvalue weighted by Crippen LogP contribution is 2.38. The van der Waals surface area contributed by atoms with Gasteiger partial charge in [-0.1, -0.05) is 12.1 Å². The molecule has 2 aromatic carbocycles. The first-order valence-electron chi connectivity index (χ1n) is 7.89. The summed E-state index contributed by atoms with van der Waals surface area (Å²) in [6.07, 6.45) is 0.992. The zero-order chi connectivity index (χ0) is 16.7. The van der Waals surface area contributed by atoms with Gasteiger partial charge in [-0.3, -0.25) is 9.79 Å². The molecule has 2 aromatic rings. The van der Waals surface area contributed by atoms with Gasteiger partial charge in [0.1, 0.15) is 0 Å². The Morgan fingerprint density at radius 1 is 1.08 bits per heavy atom. The van der Waals surface area contributed by atoms with E-state index in [1.54, 1.807) is 0 Å². The second-order valence-electron chi connectivity index (χ2n) is 5.89. The number of nitrogens with zero attached hydrogens (tertiary/aromatic N) is 3. The molecule has 0 atom stereocenters. The number of phenolic OH excluding ortho intramolecular Hbond substituents is 2. The highest BCUT2D eigenvalue weighted by atomic mass is 16.3. The van der Waals surface area contributed by atoms with Crippen molar-refractivity contribution in [1.29, 1.82) is 0 Å². The van der Waals surface area contributed by atoms with Crippen molar-refractivity contribution in [2.24, 2.45) is 4.99 Å². The number of phenols is 2. The minimum atomic E-state index is -0.292. The fraction of sp³-hybridized carbons (Fsp3) is 0.222. The van der Waals surface area contributed by atoms with E-state index in [2.05, 4.69) is 9.89 Å². The molecule has 24 heavy (non-hydrogen) atoms. The van der Waals surface area contributed by atoms with Crippen LogP contribution in [0, 0.1) is 0 Å². The van der Waals surface area contributed by atoms with Crippen molar-refractivity contribution in [2.45, 2.75) is 6.42 Å². The van der Waals surface area contributed by atoms with Crippen LogP contribution in [0.25, 0.3) is 0 Å². The Labute approximate surface area is 139 Å². The first-order chi connectivity index (χ1) is 11.6. The van der Waals surface area contributed by atoms with Gasteiger partial charge in [0.25, 0.3) is 0 Å². The van der Waals surface area contributed by atoms with Crippen LogP contribution < -0.4 is 9.80 Å². The summed E-state index contributed by atoms with van der Waals surface area (Å²) < 4.78 is 0. The second-order valence-corrected chi connectivity index (χ2v) is 5.89. The van der Waals surface area contributed by atoms with Crippen molar-refractivity contribution < 1.29 is 15.0 Å². The maximum Gasteiger partial charge on any atom is 0.206 e. The van der Waals surface area contributed by atoms with E-state index in [9.17, 15) is 15.0 Å². The summed E-state index contributed by atoms with van der Waals surface area (Å²) >= 11 is 0. The number of hydrogen-bond donors (Lipinski definition) is 2. The molecule has 0 fully saturated rings. The van der Waals surface area contributed by atoms with Gasteiger partial charge in [-0.2, -0.15) is 0 Å². The van der Waals surface area contributed by atoms with Crippen LogP contribution in [0.2, 0.25) is 0 Å². The third-order valence-electron chi connectivity index (χ3n) is 4.34. The van der Waals surface area contributed by atoms with Gasteiger partial charge in [-0.05, 0) is 36.8 Å². The average Bonchev–Trinajstić information content (AvgIpc) is 2.92. The number of ketones is 1. The third-order valence-corrected chi connectivity index (χ3v) is 4.34. The zero-order valence-corrected chi connectivity index (χ0v) is 13.0. The number of carbonyl (C=O) groups is 1. The molecule has 0 spiro atoms. The minimum absolute atomic E-state index is 0.135. The lowest BCUT2D eigenvalue weighted by Gasteiger charge is -2.26. The lowest BCUT2D eigenvalue weighted by molar-refractivity contribution is 0.100. The van der Waals surface area contributed by atoms with Gasteiger partial charge in [0.2, 0.25) is 5.96 Å². The summed E-state index contributed by atoms with van der Waals surface area (Å²) in [4.78, 5) is 21.3. The molecule has 0 unspecified atom stereocenters. The maximum atomic E-state index is 12.6. The predicted octanol–water partition coefficient (Wildman–Crippen LogP) is 2.37. The number of Topliss-reactive ketones (excluding diaryl/α,β-unsaturated/α-hetero) is 1. The Morgan fingerprint density at radius 3 is 2.67 bits per heavy atom. The fourth-order valence-electron chi connectivity index (χ4n) is 3.17. The monoisotopic (exact) mass is 323 g/mol. The molecule has 2 heterocycles. The van der Waals surface area contributed by atoms with Crippen LogP contribution in [0.4, 0.5) is 11.4 Å². The summed E-state index contributed by atoms with van der Waals surface area (Å²) in [6.45, 7) is 1.78. The lowest BCUT2D eigenvalue weighted by atomic mass is 10.1. The number of aliphatic imine (C=N–C) groups is 1. The Kier molecular flexibility index (Phi) is 3.37. The van der Waals surface area contributed by atoms with Crippen molar-refractivity contribution in [3.8, 4) is 11.5 Å². The molecular formula is C18H17N3O3. The molecule has 2 N–H and O–H groups in total. The van der Waals surface area contributed by atoms with Gasteiger partial charge >= 0.3 is 0 Å². The van der Waals surface area contributed by atoms with E-state index in [0.717, 1.165) is 36.8 Å². The number of para-hydroxylation sites is 2. The van der Waals surface area contributed by atoms with Crippen LogP contribution in [-0.2, 0) is 0 Å². The van der Waals surface area contributed by atoms with E-state index in [1.807, 2.05) is 29.2 Å². The Bertz CT molecular complexity index is 847. The number of carbonyl (C=O) groups excluding carboxylic acids is 1. The van der Waals surface area contributed by atoms with Crippen molar-refractivity contribution >= 4 is 23.1 Å². The SMILES string of the molecule is O=C(CN1C2=NCCCN2c2ccccc21)c1ccc(O)c(O)c1. The van der Waals surface area contributed by atoms with Crippen LogP contribution in [-0.4, -0.2) is 41.6 Å². The van der Waals surface area contributed by atoms with Gasteiger partial charge < -0.3 is 20.0 Å². The van der Waals surface area contributed by atoms with Gasteiger partial charge in [0, 0.05) is 18.7 Å². The molecule has 6 nitrogen and oxygen atoms in total. The van der Waals surface area contributed by atoms with Crippen LogP contribution in [0.3, 0.4) is 0 Å². The number of rotatable bonds is 3. The first kappa shape index (κ1) is 14.6. The first-order valence-corrected chi connectivity index (χ1v) is 7.89. The number of anilines is 2. The molecule has 122 valence electrons. The molecule has 6 heteroatoms. The number of aromatic hydroxyl groups is 2. The van der Waals surface area contributed by atoms with Crippen LogP contribution >= 0.6 is 0 Å². The van der Waals surface area contributed by atoms with Crippen molar-refractivity contribution in [1.82, 2.24) is 0 Å². The minimum Gasteiger partial charge on any atom is -0.504 e. The van der Waals surface area contributed by atoms with E-state index >= 15 is 0 Å². The standard InChI is InChI=1S/C18H17N3O3/c22-15-7-6-12(10-16(15)23)17(24)11-21-14-5-2-1-4-13(14)20-9-3-8-19-18(20)21/h1-2,4-7,10,22-23H,3,8-9,11H2. The van der Waals surface area contributed by atoms with Gasteiger partial charge in [0.15, 0.2) is 17.3 Å². The van der Waals surface area contributed by atoms with Gasteiger partial charge in [0.05, 0.1) is 17.9 Å². The van der Waals surface area contributed by atoms with Crippen molar-refractivity contribution in [3.05, 3.63) is 48.0 Å². The maximum absolute atomic E-state index is 12.6. The molecule has 4 rings (SSSR count). The Balaban J connectivity index is 1.67. The number of hydrogen-bond acceptors (Lipinski definition) is 6. The molecule has 0 radical (unpaired) electrons. The quantitative estimate of drug-likeness (QED) is 0.670. The van der Waals surface area contributed by atoms with Crippen molar-refractivity contribution in [3.63, 3.8) is 0 Å². The highest BCUT2D eigenvalue weighted by molar-refractivity contribution is 6.19. The van der Waals surface area contributed by atoms with Gasteiger partial charge in [-0.25, -0.2) is 0 Å². The molecule has 0 bridgehead atoms. The summed E-state index contributed by atoms with van der Waals surface area (Å²) in [5.41, 5.74) is 2.39. The van der Waals surface area contributed by atoms with Crippen LogP contribution in [0.5, 0.6) is 11.5 Å². The molecule has 2 aliphatic heterocycles. The van der Waals surface area contributed by atoms with E-state index in [0.29, 0.717) is 5.56 Å². The normalized spacial score (nSPS) is 15.8. The second kappa shape index (κ2) is 5.56. The number of benzene rings is 2. The topological polar surface area (TPSA) is 76.4 Å². The summed E-state index contributed by atoms with van der Waals surface area (Å²) in [5.74, 6) is 0.134. The molecule has 2 aliphatic rings. The van der Waals surface area contributed by atoms with E-state index in [1.165, 1.54) is 18.2 Å². The average molecular weight is 323 g/mol. The fourth-order valence-corrected chi connectivity index (χ4v) is 3.17. The van der Waals surface area contributed by atoms with Crippen LogP contribution in [0.1, 0.15) is 16.8 Å². The Morgan fingerprint density at radius 2 is 1.88 bits per heavy atom. The lowest BCUT2D eigenvalue weighted by Crippen LogP contribution is -2.43. The van der Waals surface area contributed by atoms with Crippen molar-refractivity contribution in [2.75, 3.05) is 29.4 Å². The summed E-state index contributed by atoms with van der Waals surface area (Å²) in [7, 11) is 0. The van der Waals surface area contributed by atoms with E-state index in [4.69, 9.17) is 0 Å². The van der Waals surface area contributed by atoms with E-state index in [-0.39, 0.29) is 23.8 Å². The zero-order valence-electron chi connectivity index (χ0n) is 13.0. The predicted molar refractivity (Wildman–Crippen MR) is 92.2 cm³/mol. The molecule has 0 aliphatic carbocycles. The smallest absolute Gasteiger partial charge is 0.206 e. The highest BCUT2D eigenvalue weighted by Gasteiger charge is 2.34. The van der Waals surface area contributed by atoms with Crippen LogP contribution in [0.15, 0.2) is 47.5 Å². The number of guanidine groups is 1. The Hall–Kier alpha value is -3.02. The molecule has 0 aromatic heterocycles. The third kappa shape index (κ3) is 2.27. The van der Waals surface area contributed by atoms with Gasteiger partial charge in [-0.15, -0.1) is 0 Å². The number of fused-ring (bicyclic) bond motifs is 3. The summed E-state index contributed by atoms with van der Waals surface area (Å²) in [5, 5.41) is 19.0. The molecule has 0 saturated heterocycles. The summed E-state index contributed by atoms with van der Waals surface area (Å²) in [6, 6.07) is 12.1. The molecule has 0 amide bonds. The molecule has 0 saturated carbocycles. The van der Waals surface area contributed by atoms with E-state index < -0.39 is 0 Å².